The van der Waals surface area contributed by atoms with Crippen LogP contribution in [0.15, 0.2) is 0 Å². The number of aromatic nitrogens is 4. The molecule has 0 aliphatic carbocycles. The molecule has 0 fully saturated rings. The van der Waals surface area contributed by atoms with Gasteiger partial charge in [0.15, 0.2) is 5.82 Å². The normalized spacial score (nSPS) is 15.9. The maximum absolute atomic E-state index is 5.88. The Morgan fingerprint density at radius 1 is 1.19 bits per heavy atom. The average molecular weight is 239 g/mol. The summed E-state index contributed by atoms with van der Waals surface area (Å²) in [4.78, 5) is 0.853. The van der Waals surface area contributed by atoms with Gasteiger partial charge in [-0.05, 0) is 6.92 Å². The first-order valence-electron chi connectivity index (χ1n) is 5.48. The molecule has 2 N–H and O–H groups in total. The molecule has 88 valence electrons. The van der Waals surface area contributed by atoms with Gasteiger partial charge in [0.25, 0.3) is 0 Å². The highest BCUT2D eigenvalue weighted by atomic mass is 32.1. The molecule has 2 atom stereocenters. The molecule has 0 spiro atoms. The Morgan fingerprint density at radius 3 is 2.44 bits per heavy atom. The van der Waals surface area contributed by atoms with Crippen molar-refractivity contribution in [2.24, 2.45) is 5.73 Å². The Hall–Kier alpha value is -1.01. The first-order chi connectivity index (χ1) is 7.50. The van der Waals surface area contributed by atoms with Crippen molar-refractivity contribution >= 4 is 16.3 Å². The highest BCUT2D eigenvalue weighted by Gasteiger charge is 2.19. The number of rotatable bonds is 3. The maximum atomic E-state index is 5.88. The van der Waals surface area contributed by atoms with Crippen LogP contribution in [0.5, 0.6) is 0 Å². The summed E-state index contributed by atoms with van der Waals surface area (Å²) in [6.45, 7) is 8.26. The van der Waals surface area contributed by atoms with E-state index in [1.54, 1.807) is 11.3 Å². The van der Waals surface area contributed by atoms with Crippen molar-refractivity contribution in [2.45, 2.75) is 45.6 Å². The molecule has 0 saturated heterocycles. The van der Waals surface area contributed by atoms with E-state index in [0.717, 1.165) is 15.8 Å². The largest absolute Gasteiger partial charge is 0.327 e. The van der Waals surface area contributed by atoms with Gasteiger partial charge in [0.1, 0.15) is 5.01 Å². The molecule has 0 bridgehead atoms. The summed E-state index contributed by atoms with van der Waals surface area (Å²) in [6, 6.07) is 0.103. The van der Waals surface area contributed by atoms with Gasteiger partial charge in [0.05, 0.1) is 0 Å². The number of hydrogen-bond acceptors (Lipinski definition) is 5. The van der Waals surface area contributed by atoms with Gasteiger partial charge in [0, 0.05) is 17.9 Å². The first kappa shape index (κ1) is 11.5. The summed E-state index contributed by atoms with van der Waals surface area (Å²) < 4.78 is 1.84. The van der Waals surface area contributed by atoms with Gasteiger partial charge in [-0.1, -0.05) is 32.1 Å². The minimum atomic E-state index is 0.103. The van der Waals surface area contributed by atoms with Crippen LogP contribution in [0.3, 0.4) is 0 Å². The Morgan fingerprint density at radius 2 is 1.88 bits per heavy atom. The topological polar surface area (TPSA) is 69.1 Å². The van der Waals surface area contributed by atoms with Crippen LogP contribution in [0.2, 0.25) is 0 Å². The molecular weight excluding hydrogens is 222 g/mol. The van der Waals surface area contributed by atoms with E-state index in [-0.39, 0.29) is 12.0 Å². The van der Waals surface area contributed by atoms with Gasteiger partial charge in [0.2, 0.25) is 4.96 Å². The molecule has 2 aromatic rings. The molecule has 2 rings (SSSR count). The lowest BCUT2D eigenvalue weighted by atomic mass is 10.1. The summed E-state index contributed by atoms with van der Waals surface area (Å²) in [7, 11) is 0. The predicted molar refractivity (Wildman–Crippen MR) is 64.8 cm³/mol. The van der Waals surface area contributed by atoms with Crippen LogP contribution >= 0.6 is 11.3 Å². The SMILES string of the molecule is CC(C)c1nnc2sc(C(C)C(C)N)nn12. The maximum Gasteiger partial charge on any atom is 0.234 e. The van der Waals surface area contributed by atoms with Gasteiger partial charge in [-0.3, -0.25) is 0 Å². The van der Waals surface area contributed by atoms with Crippen LogP contribution in [-0.4, -0.2) is 25.9 Å². The van der Waals surface area contributed by atoms with Crippen molar-refractivity contribution in [3.63, 3.8) is 0 Å². The van der Waals surface area contributed by atoms with E-state index in [9.17, 15) is 0 Å². The van der Waals surface area contributed by atoms with Crippen LogP contribution in [0.1, 0.15) is 50.4 Å². The fraction of sp³-hybridized carbons (Fsp3) is 0.700. The van der Waals surface area contributed by atoms with Crippen molar-refractivity contribution in [3.05, 3.63) is 10.8 Å². The van der Waals surface area contributed by atoms with Gasteiger partial charge < -0.3 is 5.73 Å². The molecule has 6 heteroatoms. The van der Waals surface area contributed by atoms with E-state index < -0.39 is 0 Å². The second kappa shape index (κ2) is 4.10. The monoisotopic (exact) mass is 239 g/mol. The zero-order valence-corrected chi connectivity index (χ0v) is 10.8. The van der Waals surface area contributed by atoms with E-state index in [1.807, 2.05) is 11.4 Å². The van der Waals surface area contributed by atoms with Gasteiger partial charge in [-0.15, -0.1) is 10.2 Å². The molecule has 2 unspecified atom stereocenters. The van der Waals surface area contributed by atoms with Crippen molar-refractivity contribution in [2.75, 3.05) is 0 Å². The van der Waals surface area contributed by atoms with Gasteiger partial charge in [-0.25, -0.2) is 0 Å². The highest BCUT2D eigenvalue weighted by molar-refractivity contribution is 7.16. The molecule has 0 aliphatic heterocycles. The standard InChI is InChI=1S/C10H17N5S/c1-5(2)8-12-13-10-15(8)14-9(16-10)6(3)7(4)11/h5-7H,11H2,1-4H3. The van der Waals surface area contributed by atoms with Crippen LogP contribution < -0.4 is 5.73 Å². The summed E-state index contributed by atoms with van der Waals surface area (Å²) in [5.41, 5.74) is 5.88. The van der Waals surface area contributed by atoms with Crippen molar-refractivity contribution < 1.29 is 0 Å². The number of hydrogen-bond donors (Lipinski definition) is 1. The summed E-state index contributed by atoms with van der Waals surface area (Å²) in [5, 5.41) is 13.8. The van der Waals surface area contributed by atoms with E-state index in [0.29, 0.717) is 5.92 Å². The summed E-state index contributed by atoms with van der Waals surface area (Å²) >= 11 is 1.57. The third kappa shape index (κ3) is 1.82. The van der Waals surface area contributed by atoms with Crippen molar-refractivity contribution in [1.29, 1.82) is 0 Å². The molecule has 0 aliphatic rings. The molecular formula is C10H17N5S. The molecule has 0 aromatic carbocycles. The molecule has 2 aromatic heterocycles. The lowest BCUT2D eigenvalue weighted by molar-refractivity contribution is 0.596. The van der Waals surface area contributed by atoms with Crippen LogP contribution in [-0.2, 0) is 0 Å². The van der Waals surface area contributed by atoms with E-state index in [2.05, 4.69) is 36.1 Å². The molecule has 0 radical (unpaired) electrons. The Kier molecular flexibility index (Phi) is 2.94. The quantitative estimate of drug-likeness (QED) is 0.886. The lowest BCUT2D eigenvalue weighted by Crippen LogP contribution is -2.22. The van der Waals surface area contributed by atoms with Crippen LogP contribution in [0.4, 0.5) is 0 Å². The minimum absolute atomic E-state index is 0.103. The second-order valence-corrected chi connectivity index (χ2v) is 5.48. The van der Waals surface area contributed by atoms with Crippen LogP contribution in [0, 0.1) is 0 Å². The van der Waals surface area contributed by atoms with Gasteiger partial charge in [-0.2, -0.15) is 9.61 Å². The zero-order chi connectivity index (χ0) is 11.9. The van der Waals surface area contributed by atoms with E-state index in [1.165, 1.54) is 0 Å². The molecule has 16 heavy (non-hydrogen) atoms. The summed E-state index contributed by atoms with van der Waals surface area (Å²) in [6.07, 6.45) is 0. The Bertz CT molecular complexity index is 484. The Balaban J connectivity index is 2.44. The molecule has 0 amide bonds. The highest BCUT2D eigenvalue weighted by Crippen LogP contribution is 2.25. The summed E-state index contributed by atoms with van der Waals surface area (Å²) in [5.74, 6) is 1.50. The third-order valence-corrected chi connectivity index (χ3v) is 3.82. The number of nitrogens with zero attached hydrogens (tertiary/aromatic N) is 4. The van der Waals surface area contributed by atoms with Crippen molar-refractivity contribution in [1.82, 2.24) is 19.8 Å². The molecule has 2 heterocycles. The number of fused-ring (bicyclic) bond motifs is 1. The number of nitrogens with two attached hydrogens (primary N) is 1. The molecule has 5 nitrogen and oxygen atoms in total. The second-order valence-electron chi connectivity index (χ2n) is 4.50. The lowest BCUT2D eigenvalue weighted by Gasteiger charge is -2.10. The average Bonchev–Trinajstić information content (AvgIpc) is 2.73. The van der Waals surface area contributed by atoms with Gasteiger partial charge >= 0.3 is 0 Å². The fourth-order valence-electron chi connectivity index (χ4n) is 1.42. The molecule has 0 saturated carbocycles. The van der Waals surface area contributed by atoms with E-state index >= 15 is 0 Å². The first-order valence-corrected chi connectivity index (χ1v) is 6.30. The fourth-order valence-corrected chi connectivity index (χ4v) is 2.43. The van der Waals surface area contributed by atoms with Crippen LogP contribution in [0.25, 0.3) is 4.96 Å². The minimum Gasteiger partial charge on any atom is -0.327 e. The predicted octanol–water partition coefficient (Wildman–Crippen LogP) is 1.76. The van der Waals surface area contributed by atoms with Crippen molar-refractivity contribution in [3.8, 4) is 0 Å². The third-order valence-electron chi connectivity index (χ3n) is 2.73. The zero-order valence-electron chi connectivity index (χ0n) is 10.0. The van der Waals surface area contributed by atoms with E-state index in [4.69, 9.17) is 5.73 Å². The Labute approximate surface area is 98.7 Å². The smallest absolute Gasteiger partial charge is 0.234 e.